The molecule has 3 saturated carbocycles. The molecule has 0 radical (unpaired) electrons. The highest BCUT2D eigenvalue weighted by atomic mass is 19.1. The molecule has 2 aromatic carbocycles. The SMILES string of the molecule is CC(C)Oc1ccc(-c2ccc(C34CCC(C)(CC3)CC4)cc2)cc1F. The van der Waals surface area contributed by atoms with Crippen molar-refractivity contribution in [1.82, 2.24) is 0 Å². The standard InChI is InChI=1S/C24H29FO/c1-17(2)26-22-9-6-19(16-21(22)25)18-4-7-20(8-5-18)24-13-10-23(3,11-14-24)12-15-24/h4-9,16-17H,10-15H2,1-3H3. The predicted molar refractivity (Wildman–Crippen MR) is 105 cm³/mol. The van der Waals surface area contributed by atoms with Crippen molar-refractivity contribution >= 4 is 0 Å². The Kier molecular flexibility index (Phi) is 4.33. The highest BCUT2D eigenvalue weighted by Crippen LogP contribution is 2.57. The summed E-state index contributed by atoms with van der Waals surface area (Å²) in [7, 11) is 0. The van der Waals surface area contributed by atoms with Gasteiger partial charge in [0.05, 0.1) is 6.10 Å². The third-order valence-corrected chi connectivity index (χ3v) is 6.75. The molecule has 0 saturated heterocycles. The van der Waals surface area contributed by atoms with Crippen LogP contribution >= 0.6 is 0 Å². The number of halogens is 1. The van der Waals surface area contributed by atoms with E-state index >= 15 is 0 Å². The van der Waals surface area contributed by atoms with Crippen molar-refractivity contribution in [2.24, 2.45) is 5.41 Å². The van der Waals surface area contributed by atoms with Crippen LogP contribution in [0.5, 0.6) is 5.75 Å². The average Bonchev–Trinajstić information content (AvgIpc) is 2.64. The zero-order valence-electron chi connectivity index (χ0n) is 16.1. The van der Waals surface area contributed by atoms with Crippen LogP contribution < -0.4 is 4.74 Å². The third-order valence-electron chi connectivity index (χ3n) is 6.75. The summed E-state index contributed by atoms with van der Waals surface area (Å²) >= 11 is 0. The minimum absolute atomic E-state index is 0.0262. The maximum atomic E-state index is 14.3. The van der Waals surface area contributed by atoms with Crippen molar-refractivity contribution in [2.45, 2.75) is 70.8 Å². The Hall–Kier alpha value is -1.83. The Bertz CT molecular complexity index is 766. The lowest BCUT2D eigenvalue weighted by molar-refractivity contribution is 0.0556. The molecule has 2 bridgehead atoms. The lowest BCUT2D eigenvalue weighted by atomic mass is 9.52. The van der Waals surface area contributed by atoms with Crippen LogP contribution in [0.3, 0.4) is 0 Å². The summed E-state index contributed by atoms with van der Waals surface area (Å²) < 4.78 is 19.8. The fraction of sp³-hybridized carbons (Fsp3) is 0.500. The Morgan fingerprint density at radius 3 is 1.96 bits per heavy atom. The van der Waals surface area contributed by atoms with Crippen LogP contribution in [-0.4, -0.2) is 6.10 Å². The van der Waals surface area contributed by atoms with E-state index in [4.69, 9.17) is 4.74 Å². The van der Waals surface area contributed by atoms with Crippen molar-refractivity contribution < 1.29 is 9.13 Å². The van der Waals surface area contributed by atoms with Crippen molar-refractivity contribution in [3.8, 4) is 16.9 Å². The Labute approximate surface area is 156 Å². The van der Waals surface area contributed by atoms with Gasteiger partial charge in [-0.3, -0.25) is 0 Å². The van der Waals surface area contributed by atoms with Gasteiger partial charge in [0.25, 0.3) is 0 Å². The molecule has 0 aliphatic heterocycles. The van der Waals surface area contributed by atoms with Crippen LogP contribution in [0, 0.1) is 11.2 Å². The normalized spacial score (nSPS) is 27.7. The van der Waals surface area contributed by atoms with Gasteiger partial charge in [-0.15, -0.1) is 0 Å². The summed E-state index contributed by atoms with van der Waals surface area (Å²) in [5.74, 6) is 0.0319. The molecule has 0 N–H and O–H groups in total. The fourth-order valence-electron chi connectivity index (χ4n) is 4.85. The monoisotopic (exact) mass is 352 g/mol. The molecule has 2 aromatic rings. The first-order valence-electron chi connectivity index (χ1n) is 9.96. The van der Waals surface area contributed by atoms with Gasteiger partial charge in [0.1, 0.15) is 0 Å². The smallest absolute Gasteiger partial charge is 0.165 e. The van der Waals surface area contributed by atoms with E-state index in [0.29, 0.717) is 16.6 Å². The molecule has 0 aromatic heterocycles. The van der Waals surface area contributed by atoms with E-state index in [1.807, 2.05) is 19.9 Å². The van der Waals surface area contributed by atoms with Gasteiger partial charge < -0.3 is 4.74 Å². The van der Waals surface area contributed by atoms with Crippen molar-refractivity contribution in [3.05, 3.63) is 53.8 Å². The number of rotatable bonds is 4. The molecule has 1 nitrogen and oxygen atoms in total. The summed E-state index contributed by atoms with van der Waals surface area (Å²) in [5, 5.41) is 0. The number of ether oxygens (including phenoxy) is 1. The van der Waals surface area contributed by atoms with E-state index in [1.54, 1.807) is 12.1 Å². The molecule has 0 atom stereocenters. The molecule has 0 amide bonds. The Balaban J connectivity index is 1.56. The predicted octanol–water partition coefficient (Wildman–Crippen LogP) is 6.89. The molecule has 3 fully saturated rings. The van der Waals surface area contributed by atoms with E-state index in [-0.39, 0.29) is 11.9 Å². The fourth-order valence-corrected chi connectivity index (χ4v) is 4.85. The van der Waals surface area contributed by atoms with Crippen LogP contribution in [0.15, 0.2) is 42.5 Å². The second kappa shape index (κ2) is 6.40. The highest BCUT2D eigenvalue weighted by Gasteiger charge is 2.46. The van der Waals surface area contributed by atoms with Gasteiger partial charge in [0.15, 0.2) is 11.6 Å². The second-order valence-corrected chi connectivity index (χ2v) is 8.98. The number of benzene rings is 2. The van der Waals surface area contributed by atoms with Gasteiger partial charge in [-0.25, -0.2) is 4.39 Å². The molecule has 26 heavy (non-hydrogen) atoms. The van der Waals surface area contributed by atoms with Crippen LogP contribution in [0.4, 0.5) is 4.39 Å². The molecule has 5 rings (SSSR count). The minimum Gasteiger partial charge on any atom is -0.488 e. The number of fused-ring (bicyclic) bond motifs is 3. The van der Waals surface area contributed by atoms with Crippen LogP contribution in [0.25, 0.3) is 11.1 Å². The molecular formula is C24H29FO. The first-order valence-corrected chi connectivity index (χ1v) is 9.96. The van der Waals surface area contributed by atoms with Gasteiger partial charge in [-0.1, -0.05) is 37.3 Å². The van der Waals surface area contributed by atoms with E-state index in [9.17, 15) is 4.39 Å². The largest absolute Gasteiger partial charge is 0.488 e. The minimum atomic E-state index is -0.294. The zero-order valence-corrected chi connectivity index (χ0v) is 16.1. The van der Waals surface area contributed by atoms with Gasteiger partial charge in [-0.05, 0) is 92.0 Å². The molecule has 0 heterocycles. The van der Waals surface area contributed by atoms with Gasteiger partial charge in [0.2, 0.25) is 0 Å². The van der Waals surface area contributed by atoms with Gasteiger partial charge in [-0.2, -0.15) is 0 Å². The van der Waals surface area contributed by atoms with Crippen molar-refractivity contribution in [1.29, 1.82) is 0 Å². The maximum Gasteiger partial charge on any atom is 0.165 e. The zero-order chi connectivity index (χ0) is 18.4. The first kappa shape index (κ1) is 17.6. The maximum absolute atomic E-state index is 14.3. The van der Waals surface area contributed by atoms with E-state index in [2.05, 4.69) is 31.2 Å². The second-order valence-electron chi connectivity index (χ2n) is 8.98. The van der Waals surface area contributed by atoms with E-state index in [0.717, 1.165) is 11.1 Å². The quantitative estimate of drug-likeness (QED) is 0.582. The first-order chi connectivity index (χ1) is 12.4. The Morgan fingerprint density at radius 1 is 0.846 bits per heavy atom. The number of hydrogen-bond donors (Lipinski definition) is 0. The topological polar surface area (TPSA) is 9.23 Å². The molecule has 0 unspecified atom stereocenters. The molecule has 2 heteroatoms. The lowest BCUT2D eigenvalue weighted by Gasteiger charge is -2.52. The van der Waals surface area contributed by atoms with Crippen LogP contribution in [-0.2, 0) is 5.41 Å². The summed E-state index contributed by atoms with van der Waals surface area (Å²) in [6, 6.07) is 14.1. The van der Waals surface area contributed by atoms with Crippen molar-refractivity contribution in [3.63, 3.8) is 0 Å². The van der Waals surface area contributed by atoms with E-state index in [1.165, 1.54) is 44.1 Å². The number of hydrogen-bond acceptors (Lipinski definition) is 1. The van der Waals surface area contributed by atoms with E-state index < -0.39 is 0 Å². The Morgan fingerprint density at radius 2 is 1.42 bits per heavy atom. The van der Waals surface area contributed by atoms with Gasteiger partial charge in [0, 0.05) is 0 Å². The molecule has 138 valence electrons. The molecule has 3 aliphatic carbocycles. The lowest BCUT2D eigenvalue weighted by Crippen LogP contribution is -2.42. The average molecular weight is 352 g/mol. The van der Waals surface area contributed by atoms with Crippen LogP contribution in [0.2, 0.25) is 0 Å². The highest BCUT2D eigenvalue weighted by molar-refractivity contribution is 5.65. The summed E-state index contributed by atoms with van der Waals surface area (Å²) in [5.41, 5.74) is 4.43. The third kappa shape index (κ3) is 3.15. The van der Waals surface area contributed by atoms with Crippen LogP contribution in [0.1, 0.15) is 64.9 Å². The summed E-state index contributed by atoms with van der Waals surface area (Å²) in [6.07, 6.45) is 8.00. The summed E-state index contributed by atoms with van der Waals surface area (Å²) in [6.45, 7) is 6.27. The van der Waals surface area contributed by atoms with Crippen molar-refractivity contribution in [2.75, 3.05) is 0 Å². The molecular weight excluding hydrogens is 323 g/mol. The van der Waals surface area contributed by atoms with Gasteiger partial charge >= 0.3 is 0 Å². The molecule has 0 spiro atoms. The summed E-state index contributed by atoms with van der Waals surface area (Å²) in [4.78, 5) is 0. The molecule has 3 aliphatic rings.